The third kappa shape index (κ3) is 3.47. The van der Waals surface area contributed by atoms with Gasteiger partial charge in [0.2, 0.25) is 0 Å². The number of hydrogen-bond donors (Lipinski definition) is 0. The molecule has 0 fully saturated rings. The minimum atomic E-state index is 0.0647. The molecule has 0 heterocycles. The molecule has 1 atom stereocenters. The molecular formula is C16H14I4. The van der Waals surface area contributed by atoms with Crippen LogP contribution in [0.15, 0.2) is 36.4 Å². The summed E-state index contributed by atoms with van der Waals surface area (Å²) < 4.78 is 5.38. The lowest BCUT2D eigenvalue weighted by molar-refractivity contribution is 0.541. The molecule has 0 aliphatic heterocycles. The van der Waals surface area contributed by atoms with E-state index in [0.29, 0.717) is 0 Å². The van der Waals surface area contributed by atoms with Gasteiger partial charge in [-0.2, -0.15) is 0 Å². The van der Waals surface area contributed by atoms with Crippen LogP contribution >= 0.6 is 90.4 Å². The highest BCUT2D eigenvalue weighted by Crippen LogP contribution is 2.42. The predicted octanol–water partition coefficient (Wildman–Crippen LogP) is 6.82. The van der Waals surface area contributed by atoms with Gasteiger partial charge in [-0.3, -0.25) is 0 Å². The topological polar surface area (TPSA) is 0 Å². The van der Waals surface area contributed by atoms with E-state index in [-0.39, 0.29) is 5.41 Å². The van der Waals surface area contributed by atoms with Crippen LogP contribution in [-0.4, -0.2) is 0 Å². The van der Waals surface area contributed by atoms with Crippen molar-refractivity contribution in [2.24, 2.45) is 0 Å². The van der Waals surface area contributed by atoms with Gasteiger partial charge in [-0.25, -0.2) is 0 Å². The molecular weight excluding hydrogens is 700 g/mol. The van der Waals surface area contributed by atoms with Crippen molar-refractivity contribution in [1.29, 1.82) is 0 Å². The summed E-state index contributed by atoms with van der Waals surface area (Å²) >= 11 is 9.83. The molecule has 0 spiro atoms. The summed E-state index contributed by atoms with van der Waals surface area (Å²) in [6.07, 6.45) is 1.10. The van der Waals surface area contributed by atoms with E-state index in [4.69, 9.17) is 0 Å². The van der Waals surface area contributed by atoms with Crippen LogP contribution in [0, 0.1) is 14.3 Å². The van der Waals surface area contributed by atoms with E-state index in [0.717, 1.165) is 6.42 Å². The standard InChI is InChI=1S/C16H14I4/c1-3-16(2,11-6-4-5-7-12(11)18)15-13(19)8-10(17)9-14(15)20/h4-9H,3H2,1-2H3. The predicted molar refractivity (Wildman–Crippen MR) is 120 cm³/mol. The number of hydrogen-bond acceptors (Lipinski definition) is 0. The first kappa shape index (κ1) is 17.7. The molecule has 0 aliphatic rings. The van der Waals surface area contributed by atoms with E-state index < -0.39 is 0 Å². The highest BCUT2D eigenvalue weighted by molar-refractivity contribution is 14.1. The maximum atomic E-state index is 2.49. The van der Waals surface area contributed by atoms with Gasteiger partial charge >= 0.3 is 0 Å². The van der Waals surface area contributed by atoms with Gasteiger partial charge in [-0.15, -0.1) is 0 Å². The summed E-state index contributed by atoms with van der Waals surface area (Å²) in [5.74, 6) is 0. The first-order valence-electron chi connectivity index (χ1n) is 6.30. The van der Waals surface area contributed by atoms with Gasteiger partial charge in [0.05, 0.1) is 0 Å². The molecule has 0 aromatic heterocycles. The molecule has 2 rings (SSSR count). The fourth-order valence-electron chi connectivity index (χ4n) is 2.48. The summed E-state index contributed by atoms with van der Waals surface area (Å²) in [6.45, 7) is 4.66. The second-order valence-electron chi connectivity index (χ2n) is 4.91. The Kier molecular flexibility index (Phi) is 6.45. The monoisotopic (exact) mass is 714 g/mol. The second kappa shape index (κ2) is 7.29. The first-order chi connectivity index (χ1) is 9.40. The van der Waals surface area contributed by atoms with E-state index in [1.807, 2.05) is 0 Å². The van der Waals surface area contributed by atoms with Gasteiger partial charge in [0.25, 0.3) is 0 Å². The molecule has 0 radical (unpaired) electrons. The minimum absolute atomic E-state index is 0.0647. The number of halogens is 4. The molecule has 0 aliphatic carbocycles. The second-order valence-corrected chi connectivity index (χ2v) is 9.64. The van der Waals surface area contributed by atoms with Gasteiger partial charge in [-0.1, -0.05) is 32.0 Å². The molecule has 0 saturated carbocycles. The Balaban J connectivity index is 2.72. The average molecular weight is 714 g/mol. The van der Waals surface area contributed by atoms with Crippen LogP contribution in [0.4, 0.5) is 0 Å². The molecule has 20 heavy (non-hydrogen) atoms. The summed E-state index contributed by atoms with van der Waals surface area (Å²) in [5.41, 5.74) is 2.96. The summed E-state index contributed by atoms with van der Waals surface area (Å²) in [4.78, 5) is 0. The SMILES string of the molecule is CCC(C)(c1ccccc1I)c1c(I)cc(I)cc1I. The van der Waals surface area contributed by atoms with Gasteiger partial charge in [-0.05, 0) is 126 Å². The zero-order valence-corrected chi connectivity index (χ0v) is 19.8. The molecule has 0 saturated heterocycles. The van der Waals surface area contributed by atoms with Gasteiger partial charge < -0.3 is 0 Å². The van der Waals surface area contributed by atoms with Crippen molar-refractivity contribution in [2.45, 2.75) is 25.7 Å². The van der Waals surface area contributed by atoms with Crippen LogP contribution in [0.3, 0.4) is 0 Å². The number of rotatable bonds is 3. The van der Waals surface area contributed by atoms with Gasteiger partial charge in [0, 0.05) is 19.7 Å². The van der Waals surface area contributed by atoms with Crippen molar-refractivity contribution >= 4 is 90.4 Å². The van der Waals surface area contributed by atoms with Crippen molar-refractivity contribution in [2.75, 3.05) is 0 Å². The summed E-state index contributed by atoms with van der Waals surface area (Å²) in [6, 6.07) is 13.3. The Hall–Kier alpha value is 1.36. The summed E-state index contributed by atoms with van der Waals surface area (Å²) in [7, 11) is 0. The molecule has 106 valence electrons. The fourth-order valence-corrected chi connectivity index (χ4v) is 8.24. The van der Waals surface area contributed by atoms with Crippen molar-refractivity contribution in [3.05, 3.63) is 61.8 Å². The Bertz CT molecular complexity index is 613. The molecule has 0 bridgehead atoms. The molecule has 4 heteroatoms. The highest BCUT2D eigenvalue weighted by atomic mass is 127. The minimum Gasteiger partial charge on any atom is -0.0642 e. The van der Waals surface area contributed by atoms with Crippen LogP contribution in [0.2, 0.25) is 0 Å². The molecule has 2 aromatic carbocycles. The third-order valence-corrected chi connectivity index (χ3v) is 7.00. The molecule has 0 N–H and O–H groups in total. The van der Waals surface area contributed by atoms with E-state index in [2.05, 4.69) is 141 Å². The van der Waals surface area contributed by atoms with Crippen LogP contribution in [0.5, 0.6) is 0 Å². The fraction of sp³-hybridized carbons (Fsp3) is 0.250. The Morgan fingerprint density at radius 1 is 0.900 bits per heavy atom. The van der Waals surface area contributed by atoms with E-state index in [9.17, 15) is 0 Å². The lowest BCUT2D eigenvalue weighted by Crippen LogP contribution is -2.26. The van der Waals surface area contributed by atoms with E-state index >= 15 is 0 Å². The Morgan fingerprint density at radius 3 is 1.95 bits per heavy atom. The average Bonchev–Trinajstić information content (AvgIpc) is 2.37. The molecule has 2 aromatic rings. The Labute approximate surface area is 175 Å². The normalized spacial score (nSPS) is 14.1. The van der Waals surface area contributed by atoms with Crippen LogP contribution < -0.4 is 0 Å². The zero-order valence-electron chi connectivity index (χ0n) is 11.2. The number of benzene rings is 2. The summed E-state index contributed by atoms with van der Waals surface area (Å²) in [5, 5.41) is 0. The third-order valence-electron chi connectivity index (χ3n) is 3.73. The Morgan fingerprint density at radius 2 is 1.45 bits per heavy atom. The largest absolute Gasteiger partial charge is 0.0642 e. The first-order valence-corrected chi connectivity index (χ1v) is 10.6. The molecule has 0 nitrogen and oxygen atoms in total. The quantitative estimate of drug-likeness (QED) is 0.307. The van der Waals surface area contributed by atoms with Crippen LogP contribution in [0.25, 0.3) is 0 Å². The van der Waals surface area contributed by atoms with Crippen LogP contribution in [-0.2, 0) is 5.41 Å². The van der Waals surface area contributed by atoms with Crippen molar-refractivity contribution in [3.63, 3.8) is 0 Å². The molecule has 0 amide bonds. The highest BCUT2D eigenvalue weighted by Gasteiger charge is 2.32. The van der Waals surface area contributed by atoms with Gasteiger partial charge in [0.1, 0.15) is 0 Å². The lowest BCUT2D eigenvalue weighted by Gasteiger charge is -2.33. The van der Waals surface area contributed by atoms with Crippen molar-refractivity contribution in [3.8, 4) is 0 Å². The lowest BCUT2D eigenvalue weighted by atomic mass is 9.74. The van der Waals surface area contributed by atoms with Gasteiger partial charge in [0.15, 0.2) is 0 Å². The van der Waals surface area contributed by atoms with E-state index in [1.54, 1.807) is 0 Å². The van der Waals surface area contributed by atoms with Crippen LogP contribution in [0.1, 0.15) is 31.4 Å². The zero-order chi connectivity index (χ0) is 14.9. The van der Waals surface area contributed by atoms with Crippen molar-refractivity contribution < 1.29 is 0 Å². The maximum absolute atomic E-state index is 2.49. The smallest absolute Gasteiger partial charge is 0.0203 e. The van der Waals surface area contributed by atoms with E-state index in [1.165, 1.54) is 25.4 Å². The maximum Gasteiger partial charge on any atom is 0.0203 e. The van der Waals surface area contributed by atoms with Crippen molar-refractivity contribution in [1.82, 2.24) is 0 Å². The molecule has 1 unspecified atom stereocenters.